The fourth-order valence-corrected chi connectivity index (χ4v) is 15.2. The van der Waals surface area contributed by atoms with E-state index < -0.39 is 9.84 Å². The molecule has 0 N–H and O–H groups in total. The number of benzene rings is 8. The average Bonchev–Trinajstić information content (AvgIpc) is 3.40. The molecule has 0 atom stereocenters. The lowest BCUT2D eigenvalue weighted by Gasteiger charge is -2.63. The lowest BCUT2D eigenvalue weighted by atomic mass is 9.42. The monoisotopic (exact) mass is 913 g/mol. The molecule has 0 radical (unpaired) electrons. The largest absolute Gasteiger partial charge is 0.306 e. The van der Waals surface area contributed by atoms with Crippen molar-refractivity contribution in [2.45, 2.75) is 47.3 Å². The second-order valence-electron chi connectivity index (χ2n) is 19.7. The average molecular weight is 914 g/mol. The molecule has 4 aliphatic carbocycles. The summed E-state index contributed by atoms with van der Waals surface area (Å²) in [5.41, 5.74) is 13.0. The van der Waals surface area contributed by atoms with Crippen LogP contribution in [0, 0.1) is 23.7 Å². The number of para-hydroxylation sites is 5. The van der Waals surface area contributed by atoms with Crippen molar-refractivity contribution in [2.75, 3.05) is 9.80 Å². The van der Waals surface area contributed by atoms with Crippen LogP contribution in [0.5, 0.6) is 0 Å². The third kappa shape index (κ3) is 6.17. The van der Waals surface area contributed by atoms with E-state index >= 15 is 0 Å². The highest BCUT2D eigenvalue weighted by Gasteiger charge is 2.62. The van der Waals surface area contributed by atoms with Gasteiger partial charge in [-0.25, -0.2) is 23.4 Å². The number of anilines is 6. The van der Waals surface area contributed by atoms with Gasteiger partial charge in [0.15, 0.2) is 17.5 Å². The van der Waals surface area contributed by atoms with Gasteiger partial charge >= 0.3 is 0 Å². The first kappa shape index (κ1) is 40.4. The van der Waals surface area contributed by atoms with Crippen molar-refractivity contribution in [3.05, 3.63) is 211 Å². The van der Waals surface area contributed by atoms with E-state index in [1.807, 2.05) is 60.7 Å². The summed E-state index contributed by atoms with van der Waals surface area (Å²) < 4.78 is 29.1. The van der Waals surface area contributed by atoms with Crippen LogP contribution in [-0.2, 0) is 15.3 Å². The third-order valence-electron chi connectivity index (χ3n) is 16.0. The first-order valence-electron chi connectivity index (χ1n) is 24.3. The molecule has 1 aromatic heterocycles. The van der Waals surface area contributed by atoms with Crippen molar-refractivity contribution in [2.24, 2.45) is 23.7 Å². The minimum Gasteiger partial charge on any atom is -0.306 e. The van der Waals surface area contributed by atoms with Crippen LogP contribution in [0.1, 0.15) is 43.2 Å². The third-order valence-corrected chi connectivity index (χ3v) is 17.9. The molecule has 9 aromatic rings. The normalized spacial score (nSPS) is 22.1. The Morgan fingerprint density at radius 2 is 0.783 bits per heavy atom. The molecule has 6 aliphatic rings. The van der Waals surface area contributed by atoms with Crippen molar-refractivity contribution in [3.8, 4) is 45.3 Å². The first-order valence-corrected chi connectivity index (χ1v) is 25.8. The fourth-order valence-electron chi connectivity index (χ4n) is 13.4. The van der Waals surface area contributed by atoms with E-state index in [9.17, 15) is 8.42 Å². The number of nitrogens with zero attached hydrogens (tertiary/aromatic N) is 5. The molecular formula is C61H47N5O2S. The summed E-state index contributed by atoms with van der Waals surface area (Å²) in [7, 11) is -3.74. The lowest BCUT2D eigenvalue weighted by Crippen LogP contribution is -2.57. The number of fused-ring (bicyclic) bond motifs is 4. The molecule has 334 valence electrons. The van der Waals surface area contributed by atoms with Crippen molar-refractivity contribution in [1.82, 2.24) is 15.0 Å². The molecule has 4 bridgehead atoms. The van der Waals surface area contributed by atoms with Gasteiger partial charge in [0, 0.05) is 33.5 Å². The van der Waals surface area contributed by atoms with Crippen molar-refractivity contribution in [1.29, 1.82) is 0 Å². The zero-order valence-electron chi connectivity index (χ0n) is 37.9. The topological polar surface area (TPSA) is 79.3 Å². The van der Waals surface area contributed by atoms with Crippen LogP contribution in [0.15, 0.2) is 210 Å². The van der Waals surface area contributed by atoms with Gasteiger partial charge < -0.3 is 9.80 Å². The van der Waals surface area contributed by atoms with E-state index in [-0.39, 0.29) is 5.41 Å². The molecule has 0 amide bonds. The van der Waals surface area contributed by atoms with Crippen LogP contribution in [0.4, 0.5) is 34.1 Å². The highest BCUT2D eigenvalue weighted by atomic mass is 32.2. The second-order valence-corrected chi connectivity index (χ2v) is 21.6. The van der Waals surface area contributed by atoms with E-state index in [1.54, 1.807) is 0 Å². The maximum absolute atomic E-state index is 14.6. The van der Waals surface area contributed by atoms with Gasteiger partial charge in [0.2, 0.25) is 9.84 Å². The van der Waals surface area contributed by atoms with Gasteiger partial charge in [0.05, 0.1) is 32.5 Å². The Labute approximate surface area is 402 Å². The molecule has 2 aliphatic heterocycles. The van der Waals surface area contributed by atoms with Crippen LogP contribution < -0.4 is 9.80 Å². The van der Waals surface area contributed by atoms with Gasteiger partial charge in [-0.05, 0) is 151 Å². The number of hydrogen-bond donors (Lipinski definition) is 0. The number of aromatic nitrogens is 3. The summed E-state index contributed by atoms with van der Waals surface area (Å²) in [5, 5.41) is 0. The Bertz CT molecular complexity index is 3520. The summed E-state index contributed by atoms with van der Waals surface area (Å²) in [4.78, 5) is 21.0. The molecule has 7 nitrogen and oxygen atoms in total. The molecule has 4 fully saturated rings. The molecule has 0 unspecified atom stereocenters. The second kappa shape index (κ2) is 15.4. The molecule has 15 rings (SSSR count). The van der Waals surface area contributed by atoms with E-state index in [4.69, 9.17) is 15.0 Å². The Morgan fingerprint density at radius 3 is 1.35 bits per heavy atom. The van der Waals surface area contributed by atoms with E-state index in [0.29, 0.717) is 39.1 Å². The highest BCUT2D eigenvalue weighted by Crippen LogP contribution is 2.68. The molecule has 1 spiro atoms. The maximum atomic E-state index is 14.6. The summed E-state index contributed by atoms with van der Waals surface area (Å²) in [6, 6.07) is 68.8. The minimum absolute atomic E-state index is 0.362. The van der Waals surface area contributed by atoms with Crippen LogP contribution in [0.2, 0.25) is 0 Å². The molecular weight excluding hydrogens is 867 g/mol. The Kier molecular flexibility index (Phi) is 9.03. The highest BCUT2D eigenvalue weighted by molar-refractivity contribution is 7.91. The molecule has 8 aromatic carbocycles. The van der Waals surface area contributed by atoms with E-state index in [0.717, 1.165) is 111 Å². The number of hydrogen-bond acceptors (Lipinski definition) is 7. The van der Waals surface area contributed by atoms with E-state index in [1.165, 1.54) is 6.42 Å². The van der Waals surface area contributed by atoms with Crippen LogP contribution in [-0.4, -0.2) is 23.4 Å². The smallest absolute Gasteiger partial charge is 0.207 e. The van der Waals surface area contributed by atoms with Gasteiger partial charge in [0.1, 0.15) is 0 Å². The minimum atomic E-state index is -3.74. The summed E-state index contributed by atoms with van der Waals surface area (Å²) in [5.74, 6) is 3.91. The molecule has 0 saturated heterocycles. The van der Waals surface area contributed by atoms with Gasteiger partial charge in [-0.1, -0.05) is 127 Å². The standard InChI is InChI=1S/C61H47N5O2S/c67-69(68)56-22-12-7-17-50(56)61(46-34-39-33-40(36-46)37-47(61)35-39)51-38-45(29-32-57(51)69)60-63-58(43-13-3-1-4-14-43)62-59(64-60)44-25-23-41(24-26-44)42-27-30-49(31-28-42)66-54-20-10-8-18-52(54)65(48-15-5-2-6-16-48)53-19-9-11-21-55(53)66/h1-32,38-40,46-47H,33-37H2. The molecule has 8 heteroatoms. The molecule has 4 saturated carbocycles. The Balaban J connectivity index is 0.829. The van der Waals surface area contributed by atoms with E-state index in [2.05, 4.69) is 149 Å². The van der Waals surface area contributed by atoms with Gasteiger partial charge in [-0.3, -0.25) is 0 Å². The predicted octanol–water partition coefficient (Wildman–Crippen LogP) is 14.7. The molecule has 69 heavy (non-hydrogen) atoms. The fraction of sp³-hybridized carbons (Fsp3) is 0.164. The number of rotatable bonds is 6. The SMILES string of the molecule is O=S1(=O)c2ccccc2C2(c3cc(-c4nc(-c5ccccc5)nc(-c5ccc(-c6ccc(N7c8ccccc8N(c8ccccc8)c8ccccc87)cc6)cc5)n4)ccc31)C1CC3CC(C1)CC2C3. The van der Waals surface area contributed by atoms with Crippen molar-refractivity contribution in [3.63, 3.8) is 0 Å². The number of sulfone groups is 1. The Morgan fingerprint density at radius 1 is 0.377 bits per heavy atom. The maximum Gasteiger partial charge on any atom is 0.207 e. The summed E-state index contributed by atoms with van der Waals surface area (Å²) >= 11 is 0. The zero-order valence-corrected chi connectivity index (χ0v) is 38.7. The van der Waals surface area contributed by atoms with Crippen molar-refractivity contribution >= 4 is 44.0 Å². The van der Waals surface area contributed by atoms with Crippen LogP contribution in [0.25, 0.3) is 45.3 Å². The van der Waals surface area contributed by atoms with Crippen LogP contribution >= 0.6 is 0 Å². The first-order chi connectivity index (χ1) is 33.9. The molecule has 3 heterocycles. The zero-order chi connectivity index (χ0) is 45.8. The quantitative estimate of drug-likeness (QED) is 0.164. The van der Waals surface area contributed by atoms with Crippen molar-refractivity contribution < 1.29 is 8.42 Å². The Hall–Kier alpha value is -7.68. The van der Waals surface area contributed by atoms with Crippen LogP contribution in [0.3, 0.4) is 0 Å². The lowest BCUT2D eigenvalue weighted by molar-refractivity contribution is -0.0446. The van der Waals surface area contributed by atoms with Gasteiger partial charge in [-0.2, -0.15) is 0 Å². The predicted molar refractivity (Wildman–Crippen MR) is 274 cm³/mol. The van der Waals surface area contributed by atoms with Gasteiger partial charge in [-0.15, -0.1) is 0 Å². The summed E-state index contributed by atoms with van der Waals surface area (Å²) in [6.07, 6.45) is 5.91. The summed E-state index contributed by atoms with van der Waals surface area (Å²) in [6.45, 7) is 0. The van der Waals surface area contributed by atoms with Gasteiger partial charge in [0.25, 0.3) is 0 Å².